The Morgan fingerprint density at radius 1 is 0.644 bits per heavy atom. The van der Waals surface area contributed by atoms with Crippen molar-refractivity contribution in [2.45, 2.75) is 96.9 Å². The van der Waals surface area contributed by atoms with E-state index in [9.17, 15) is 24.0 Å². The SMILES string of the molecule is CCC[C@H](NC(=O)[C@H](Cc1ccccc1)NC(=O)[C@H](Cc1ccccc1)NC(=O)[C@@H](NC(=O)[C@@H](N)CC(C)C)C(C)C)C(N)=O. The predicted octanol–water partition coefficient (Wildman–Crippen LogP) is 1.73. The summed E-state index contributed by atoms with van der Waals surface area (Å²) >= 11 is 0. The molecule has 0 saturated heterocycles. The molecule has 0 aliphatic heterocycles. The van der Waals surface area contributed by atoms with Crippen LogP contribution in [0.2, 0.25) is 0 Å². The Hall–Kier alpha value is -4.25. The molecule has 2 aromatic rings. The van der Waals surface area contributed by atoms with Crippen LogP contribution in [-0.2, 0) is 36.8 Å². The predicted molar refractivity (Wildman–Crippen MR) is 174 cm³/mol. The Labute approximate surface area is 266 Å². The monoisotopic (exact) mass is 622 g/mol. The lowest BCUT2D eigenvalue weighted by atomic mass is 9.99. The second-order valence-corrected chi connectivity index (χ2v) is 12.2. The highest BCUT2D eigenvalue weighted by Crippen LogP contribution is 2.11. The minimum atomic E-state index is -1.09. The van der Waals surface area contributed by atoms with Crippen LogP contribution in [-0.4, -0.2) is 59.7 Å². The van der Waals surface area contributed by atoms with Crippen LogP contribution in [0.5, 0.6) is 0 Å². The zero-order valence-electron chi connectivity index (χ0n) is 27.0. The molecule has 0 bridgehead atoms. The van der Waals surface area contributed by atoms with Crippen molar-refractivity contribution in [1.29, 1.82) is 0 Å². The quantitative estimate of drug-likeness (QED) is 0.147. The van der Waals surface area contributed by atoms with E-state index in [0.717, 1.165) is 11.1 Å². The highest BCUT2D eigenvalue weighted by atomic mass is 16.2. The Morgan fingerprint density at radius 3 is 1.49 bits per heavy atom. The van der Waals surface area contributed by atoms with Gasteiger partial charge in [0.15, 0.2) is 0 Å². The van der Waals surface area contributed by atoms with Gasteiger partial charge in [0, 0.05) is 12.8 Å². The fraction of sp³-hybridized carbons (Fsp3) is 0.500. The summed E-state index contributed by atoms with van der Waals surface area (Å²) in [6.07, 6.45) is 1.69. The van der Waals surface area contributed by atoms with E-state index in [0.29, 0.717) is 19.3 Å². The van der Waals surface area contributed by atoms with Crippen molar-refractivity contribution in [2.24, 2.45) is 23.3 Å². The number of primary amides is 1. The molecule has 11 heteroatoms. The Kier molecular flexibility index (Phi) is 15.2. The maximum Gasteiger partial charge on any atom is 0.243 e. The van der Waals surface area contributed by atoms with Gasteiger partial charge in [-0.05, 0) is 35.8 Å². The van der Waals surface area contributed by atoms with Crippen LogP contribution >= 0.6 is 0 Å². The minimum Gasteiger partial charge on any atom is -0.368 e. The summed E-state index contributed by atoms with van der Waals surface area (Å²) in [7, 11) is 0. The van der Waals surface area contributed by atoms with E-state index < -0.39 is 59.7 Å². The molecule has 0 spiro atoms. The first kappa shape index (κ1) is 36.9. The molecule has 0 heterocycles. The summed E-state index contributed by atoms with van der Waals surface area (Å²) in [6, 6.07) is 13.5. The molecule has 5 atom stereocenters. The molecular weight excluding hydrogens is 572 g/mol. The number of hydrogen-bond donors (Lipinski definition) is 6. The van der Waals surface area contributed by atoms with Crippen LogP contribution in [0.3, 0.4) is 0 Å². The summed E-state index contributed by atoms with van der Waals surface area (Å²) in [5.41, 5.74) is 13.1. The zero-order valence-corrected chi connectivity index (χ0v) is 27.0. The van der Waals surface area contributed by atoms with Gasteiger partial charge in [-0.1, -0.05) is 102 Å². The third kappa shape index (κ3) is 12.7. The summed E-state index contributed by atoms with van der Waals surface area (Å²) in [6.45, 7) is 9.35. The number of hydrogen-bond acceptors (Lipinski definition) is 6. The minimum absolute atomic E-state index is 0.128. The number of carbonyl (C=O) groups excluding carboxylic acids is 5. The van der Waals surface area contributed by atoms with Gasteiger partial charge in [0.2, 0.25) is 29.5 Å². The highest BCUT2D eigenvalue weighted by Gasteiger charge is 2.33. The van der Waals surface area contributed by atoms with Gasteiger partial charge in [-0.15, -0.1) is 0 Å². The van der Waals surface area contributed by atoms with Gasteiger partial charge in [0.25, 0.3) is 0 Å². The summed E-state index contributed by atoms with van der Waals surface area (Å²) in [4.78, 5) is 65.7. The first-order valence-corrected chi connectivity index (χ1v) is 15.7. The molecule has 0 fully saturated rings. The topological polar surface area (TPSA) is 186 Å². The third-order valence-corrected chi connectivity index (χ3v) is 7.38. The van der Waals surface area contributed by atoms with Crippen LogP contribution in [0, 0.1) is 11.8 Å². The van der Waals surface area contributed by atoms with E-state index in [1.165, 1.54) is 0 Å². The molecule has 11 nitrogen and oxygen atoms in total. The fourth-order valence-corrected chi connectivity index (χ4v) is 4.91. The molecule has 0 unspecified atom stereocenters. The molecule has 0 saturated carbocycles. The molecule has 246 valence electrons. The average Bonchev–Trinajstić information content (AvgIpc) is 2.99. The molecule has 2 rings (SSSR count). The smallest absolute Gasteiger partial charge is 0.243 e. The van der Waals surface area contributed by atoms with E-state index in [2.05, 4.69) is 21.3 Å². The van der Waals surface area contributed by atoms with Crippen LogP contribution in [0.1, 0.15) is 65.0 Å². The summed E-state index contributed by atoms with van der Waals surface area (Å²) in [5.74, 6) is -2.94. The van der Waals surface area contributed by atoms with E-state index in [1.54, 1.807) is 13.8 Å². The molecule has 0 aliphatic carbocycles. The second-order valence-electron chi connectivity index (χ2n) is 12.2. The number of rotatable bonds is 18. The molecule has 45 heavy (non-hydrogen) atoms. The summed E-state index contributed by atoms with van der Waals surface area (Å²) in [5, 5.41) is 11.0. The van der Waals surface area contributed by atoms with E-state index >= 15 is 0 Å². The number of nitrogens with two attached hydrogens (primary N) is 2. The van der Waals surface area contributed by atoms with Crippen molar-refractivity contribution in [3.05, 3.63) is 71.8 Å². The van der Waals surface area contributed by atoms with Crippen molar-refractivity contribution in [3.63, 3.8) is 0 Å². The van der Waals surface area contributed by atoms with Gasteiger partial charge in [-0.25, -0.2) is 0 Å². The van der Waals surface area contributed by atoms with Gasteiger partial charge in [0.05, 0.1) is 6.04 Å². The molecule has 8 N–H and O–H groups in total. The fourth-order valence-electron chi connectivity index (χ4n) is 4.91. The van der Waals surface area contributed by atoms with Crippen molar-refractivity contribution in [2.75, 3.05) is 0 Å². The number of benzene rings is 2. The first-order valence-electron chi connectivity index (χ1n) is 15.7. The van der Waals surface area contributed by atoms with Crippen molar-refractivity contribution >= 4 is 29.5 Å². The number of nitrogens with one attached hydrogen (secondary N) is 4. The third-order valence-electron chi connectivity index (χ3n) is 7.38. The molecular formula is C34H50N6O5. The Balaban J connectivity index is 2.35. The lowest BCUT2D eigenvalue weighted by Crippen LogP contribution is -2.60. The second kappa shape index (κ2) is 18.5. The maximum atomic E-state index is 13.9. The van der Waals surface area contributed by atoms with Crippen LogP contribution in [0.25, 0.3) is 0 Å². The maximum absolute atomic E-state index is 13.9. The van der Waals surface area contributed by atoms with Gasteiger partial charge in [0.1, 0.15) is 24.2 Å². The molecule has 0 aromatic heterocycles. The largest absolute Gasteiger partial charge is 0.368 e. The molecule has 2 aromatic carbocycles. The number of carbonyl (C=O) groups is 5. The van der Waals surface area contributed by atoms with Gasteiger partial charge >= 0.3 is 0 Å². The van der Waals surface area contributed by atoms with Crippen molar-refractivity contribution in [1.82, 2.24) is 21.3 Å². The van der Waals surface area contributed by atoms with Crippen LogP contribution in [0.15, 0.2) is 60.7 Å². The van der Waals surface area contributed by atoms with Gasteiger partial charge < -0.3 is 32.7 Å². The average molecular weight is 623 g/mol. The van der Waals surface area contributed by atoms with Crippen molar-refractivity contribution < 1.29 is 24.0 Å². The summed E-state index contributed by atoms with van der Waals surface area (Å²) < 4.78 is 0. The lowest BCUT2D eigenvalue weighted by Gasteiger charge is -2.28. The van der Waals surface area contributed by atoms with Gasteiger partial charge in [-0.3, -0.25) is 24.0 Å². The van der Waals surface area contributed by atoms with Crippen molar-refractivity contribution in [3.8, 4) is 0 Å². The molecule has 0 radical (unpaired) electrons. The van der Waals surface area contributed by atoms with Crippen LogP contribution < -0.4 is 32.7 Å². The van der Waals surface area contributed by atoms with E-state index in [1.807, 2.05) is 81.4 Å². The zero-order chi connectivity index (χ0) is 33.5. The lowest BCUT2D eigenvalue weighted by molar-refractivity contribution is -0.135. The van der Waals surface area contributed by atoms with Gasteiger partial charge in [-0.2, -0.15) is 0 Å². The van der Waals surface area contributed by atoms with Crippen LogP contribution in [0.4, 0.5) is 0 Å². The van der Waals surface area contributed by atoms with E-state index in [4.69, 9.17) is 11.5 Å². The Morgan fingerprint density at radius 2 is 1.09 bits per heavy atom. The standard InChI is InChI=1S/C34H50N6O5/c1-6-13-26(30(36)41)37-32(43)27(19-23-14-9-7-10-15-23)38-33(44)28(20-24-16-11-8-12-17-24)39-34(45)29(22(4)5)40-31(42)25(35)18-21(2)3/h7-12,14-17,21-22,25-29H,6,13,18-20,35H2,1-5H3,(H2,36,41)(H,37,43)(H,38,44)(H,39,45)(H,40,42)/t25-,26-,27-,28-,29-/m0/s1. The van der Waals surface area contributed by atoms with E-state index in [-0.39, 0.29) is 24.7 Å². The first-order chi connectivity index (χ1) is 21.3. The normalized spacial score (nSPS) is 14.5. The highest BCUT2D eigenvalue weighted by molar-refractivity contribution is 5.96. The Bertz CT molecular complexity index is 1250. The molecule has 0 aliphatic rings. The number of amides is 5. The molecule has 5 amide bonds.